The van der Waals surface area contributed by atoms with E-state index in [1.807, 2.05) is 18.2 Å². The molecule has 1 aromatic carbocycles. The summed E-state index contributed by atoms with van der Waals surface area (Å²) in [4.78, 5) is 0. The first kappa shape index (κ1) is 14.0. The molecule has 0 aromatic heterocycles. The molecule has 0 saturated carbocycles. The summed E-state index contributed by atoms with van der Waals surface area (Å²) >= 11 is 0. The van der Waals surface area contributed by atoms with Crippen LogP contribution in [0, 0.1) is 11.5 Å². The first-order chi connectivity index (χ1) is 7.90. The molecule has 0 aliphatic heterocycles. The van der Waals surface area contributed by atoms with Crippen molar-refractivity contribution < 1.29 is 5.11 Å². The van der Waals surface area contributed by atoms with Crippen molar-refractivity contribution in [2.24, 2.45) is 5.73 Å². The molecule has 0 amide bonds. The number of aliphatic hydroxyl groups is 1. The Labute approximate surface area is 105 Å². The SMILES string of the molecule is C[Si](C)(C)C#Cc1cccc(C[C@H](N)CO)c1. The number of benzene rings is 1. The van der Waals surface area contributed by atoms with E-state index < -0.39 is 8.07 Å². The van der Waals surface area contributed by atoms with E-state index in [9.17, 15) is 0 Å². The van der Waals surface area contributed by atoms with E-state index in [1.165, 1.54) is 0 Å². The molecule has 0 bridgehead atoms. The van der Waals surface area contributed by atoms with Gasteiger partial charge in [-0.25, -0.2) is 0 Å². The lowest BCUT2D eigenvalue weighted by Gasteiger charge is -2.08. The molecule has 0 aliphatic carbocycles. The summed E-state index contributed by atoms with van der Waals surface area (Å²) in [7, 11) is -1.32. The maximum absolute atomic E-state index is 8.93. The third-order valence-corrected chi connectivity index (χ3v) is 3.12. The highest BCUT2D eigenvalue weighted by Gasteiger charge is 2.07. The van der Waals surface area contributed by atoms with Gasteiger partial charge in [0.15, 0.2) is 0 Å². The van der Waals surface area contributed by atoms with Crippen LogP contribution in [0.2, 0.25) is 19.6 Å². The second-order valence-corrected chi connectivity index (χ2v) is 10.1. The maximum atomic E-state index is 8.93. The van der Waals surface area contributed by atoms with Gasteiger partial charge in [-0.1, -0.05) is 37.7 Å². The lowest BCUT2D eigenvalue weighted by molar-refractivity contribution is 0.265. The van der Waals surface area contributed by atoms with Crippen molar-refractivity contribution in [1.29, 1.82) is 0 Å². The van der Waals surface area contributed by atoms with Crippen LogP contribution in [0.1, 0.15) is 11.1 Å². The molecule has 17 heavy (non-hydrogen) atoms. The van der Waals surface area contributed by atoms with Gasteiger partial charge in [0, 0.05) is 11.6 Å². The Hall–Kier alpha value is -1.08. The van der Waals surface area contributed by atoms with Crippen LogP contribution in [-0.2, 0) is 6.42 Å². The van der Waals surface area contributed by atoms with E-state index >= 15 is 0 Å². The van der Waals surface area contributed by atoms with Crippen molar-refractivity contribution in [2.75, 3.05) is 6.61 Å². The zero-order valence-electron chi connectivity index (χ0n) is 10.8. The molecule has 3 N–H and O–H groups in total. The molecule has 1 rings (SSSR count). The maximum Gasteiger partial charge on any atom is 0.129 e. The summed E-state index contributed by atoms with van der Waals surface area (Å²) in [5.74, 6) is 3.22. The van der Waals surface area contributed by atoms with Crippen LogP contribution in [0.3, 0.4) is 0 Å². The summed E-state index contributed by atoms with van der Waals surface area (Å²) in [6.07, 6.45) is 0.693. The summed E-state index contributed by atoms with van der Waals surface area (Å²) in [5, 5.41) is 8.93. The Morgan fingerprint density at radius 2 is 2.06 bits per heavy atom. The minimum absolute atomic E-state index is 0.0187. The van der Waals surface area contributed by atoms with E-state index in [4.69, 9.17) is 10.8 Å². The Morgan fingerprint density at radius 1 is 1.35 bits per heavy atom. The van der Waals surface area contributed by atoms with E-state index in [0.717, 1.165) is 11.1 Å². The summed E-state index contributed by atoms with van der Waals surface area (Å²) in [6, 6.07) is 7.90. The van der Waals surface area contributed by atoms with Crippen LogP contribution in [0.5, 0.6) is 0 Å². The fraction of sp³-hybridized carbons (Fsp3) is 0.429. The second-order valence-electron chi connectivity index (χ2n) is 5.35. The fourth-order valence-corrected chi connectivity index (χ4v) is 1.92. The third kappa shape index (κ3) is 5.69. The minimum Gasteiger partial charge on any atom is -0.395 e. The van der Waals surface area contributed by atoms with Crippen LogP contribution < -0.4 is 5.73 Å². The van der Waals surface area contributed by atoms with Crippen molar-refractivity contribution in [3.8, 4) is 11.5 Å². The zero-order valence-corrected chi connectivity index (χ0v) is 11.8. The van der Waals surface area contributed by atoms with Gasteiger partial charge >= 0.3 is 0 Å². The van der Waals surface area contributed by atoms with E-state index in [-0.39, 0.29) is 12.6 Å². The Balaban J connectivity index is 2.82. The van der Waals surface area contributed by atoms with Gasteiger partial charge in [0.2, 0.25) is 0 Å². The third-order valence-electron chi connectivity index (χ3n) is 2.24. The summed E-state index contributed by atoms with van der Waals surface area (Å²) < 4.78 is 0. The van der Waals surface area contributed by atoms with Crippen molar-refractivity contribution in [3.63, 3.8) is 0 Å². The number of hydrogen-bond donors (Lipinski definition) is 2. The van der Waals surface area contributed by atoms with Gasteiger partial charge in [-0.05, 0) is 24.1 Å². The molecule has 0 aliphatic rings. The van der Waals surface area contributed by atoms with E-state index in [1.54, 1.807) is 0 Å². The first-order valence-electron chi connectivity index (χ1n) is 5.89. The molecule has 0 radical (unpaired) electrons. The normalized spacial score (nSPS) is 12.8. The van der Waals surface area contributed by atoms with E-state index in [0.29, 0.717) is 6.42 Å². The van der Waals surface area contributed by atoms with Crippen molar-refractivity contribution in [3.05, 3.63) is 35.4 Å². The number of nitrogens with two attached hydrogens (primary N) is 1. The fourth-order valence-electron chi connectivity index (χ4n) is 1.40. The van der Waals surface area contributed by atoms with Crippen molar-refractivity contribution >= 4 is 8.07 Å². The van der Waals surface area contributed by atoms with Crippen LogP contribution in [0.4, 0.5) is 0 Å². The van der Waals surface area contributed by atoms with E-state index in [2.05, 4.69) is 37.2 Å². The predicted octanol–water partition coefficient (Wildman–Crippen LogP) is 1.78. The highest BCUT2D eigenvalue weighted by molar-refractivity contribution is 6.83. The lowest BCUT2D eigenvalue weighted by Crippen LogP contribution is -2.26. The van der Waals surface area contributed by atoms with Crippen LogP contribution in [0.15, 0.2) is 24.3 Å². The van der Waals surface area contributed by atoms with Gasteiger partial charge in [-0.2, -0.15) is 0 Å². The smallest absolute Gasteiger partial charge is 0.129 e. The number of rotatable bonds is 3. The molecule has 1 aromatic rings. The van der Waals surface area contributed by atoms with Crippen LogP contribution >= 0.6 is 0 Å². The summed E-state index contributed by atoms with van der Waals surface area (Å²) in [6.45, 7) is 6.70. The molecule has 0 unspecified atom stereocenters. The summed E-state index contributed by atoms with van der Waals surface area (Å²) in [5.41, 5.74) is 11.2. The molecule has 0 heterocycles. The molecule has 0 saturated heterocycles. The molecule has 92 valence electrons. The topological polar surface area (TPSA) is 46.2 Å². The predicted molar refractivity (Wildman–Crippen MR) is 75.4 cm³/mol. The highest BCUT2D eigenvalue weighted by atomic mass is 28.3. The average Bonchev–Trinajstić information content (AvgIpc) is 2.26. The molecule has 1 atom stereocenters. The number of aliphatic hydroxyl groups excluding tert-OH is 1. The van der Waals surface area contributed by atoms with Gasteiger partial charge in [0.25, 0.3) is 0 Å². The monoisotopic (exact) mass is 247 g/mol. The van der Waals surface area contributed by atoms with Gasteiger partial charge in [-0.15, -0.1) is 5.54 Å². The molecule has 0 spiro atoms. The molecule has 2 nitrogen and oxygen atoms in total. The molecule has 3 heteroatoms. The first-order valence-corrected chi connectivity index (χ1v) is 9.39. The van der Waals surface area contributed by atoms with Gasteiger partial charge in [0.05, 0.1) is 6.61 Å². The Morgan fingerprint density at radius 3 is 2.65 bits per heavy atom. The molecule has 0 fully saturated rings. The Kier molecular flexibility index (Phi) is 4.95. The second kappa shape index (κ2) is 6.01. The van der Waals surface area contributed by atoms with Gasteiger partial charge in [0.1, 0.15) is 8.07 Å². The Bertz CT molecular complexity index is 426. The minimum atomic E-state index is -1.32. The quantitative estimate of drug-likeness (QED) is 0.632. The van der Waals surface area contributed by atoms with Crippen molar-refractivity contribution in [1.82, 2.24) is 0 Å². The number of hydrogen-bond acceptors (Lipinski definition) is 2. The van der Waals surface area contributed by atoms with Crippen LogP contribution in [-0.4, -0.2) is 25.8 Å². The average molecular weight is 247 g/mol. The zero-order chi connectivity index (χ0) is 12.9. The standard InChI is InChI=1S/C14H21NOSi/c1-17(2,3)8-7-12-5-4-6-13(9-12)10-14(15)11-16/h4-6,9,14,16H,10-11,15H2,1-3H3/t14-/m0/s1. The molecular weight excluding hydrogens is 226 g/mol. The van der Waals surface area contributed by atoms with Gasteiger partial charge < -0.3 is 10.8 Å². The largest absolute Gasteiger partial charge is 0.395 e. The van der Waals surface area contributed by atoms with Crippen LogP contribution in [0.25, 0.3) is 0 Å². The highest BCUT2D eigenvalue weighted by Crippen LogP contribution is 2.07. The molecular formula is C14H21NOSi. The lowest BCUT2D eigenvalue weighted by atomic mass is 10.0. The van der Waals surface area contributed by atoms with Gasteiger partial charge in [-0.3, -0.25) is 0 Å². The van der Waals surface area contributed by atoms with Crippen molar-refractivity contribution in [2.45, 2.75) is 32.1 Å².